The van der Waals surface area contributed by atoms with Crippen LogP contribution >= 0.6 is 0 Å². The molecule has 0 bridgehead atoms. The first-order chi connectivity index (χ1) is 11.3. The highest BCUT2D eigenvalue weighted by Gasteiger charge is 2.29. The van der Waals surface area contributed by atoms with Crippen molar-refractivity contribution < 1.29 is 24.6 Å². The minimum absolute atomic E-state index is 0.0824. The lowest BCUT2D eigenvalue weighted by Crippen LogP contribution is -2.44. The predicted octanol–water partition coefficient (Wildman–Crippen LogP) is 3.05. The van der Waals surface area contributed by atoms with Gasteiger partial charge in [-0.3, -0.25) is 9.59 Å². The summed E-state index contributed by atoms with van der Waals surface area (Å²) in [6, 6.07) is -1.11. The number of carboxylic acid groups (broad SMARTS) is 2. The number of carbonyl (C=O) groups excluding carboxylic acids is 1. The topological polar surface area (TPSA) is 104 Å². The summed E-state index contributed by atoms with van der Waals surface area (Å²) in [7, 11) is 0. The molecular weight excluding hydrogens is 310 g/mol. The van der Waals surface area contributed by atoms with E-state index in [1.807, 2.05) is 0 Å². The number of nitrogens with one attached hydrogen (secondary N) is 1. The number of carbonyl (C=O) groups is 3. The Kier molecular flexibility index (Phi) is 8.79. The summed E-state index contributed by atoms with van der Waals surface area (Å²) >= 11 is 0. The molecule has 1 aliphatic rings. The van der Waals surface area contributed by atoms with Gasteiger partial charge in [-0.2, -0.15) is 0 Å². The van der Waals surface area contributed by atoms with Crippen LogP contribution in [-0.2, 0) is 14.4 Å². The van der Waals surface area contributed by atoms with Crippen molar-refractivity contribution in [3.8, 4) is 0 Å². The highest BCUT2D eigenvalue weighted by Crippen LogP contribution is 2.32. The molecule has 0 aromatic heterocycles. The van der Waals surface area contributed by atoms with Crippen molar-refractivity contribution in [2.24, 2.45) is 17.8 Å². The molecule has 1 unspecified atom stereocenters. The van der Waals surface area contributed by atoms with Crippen molar-refractivity contribution >= 4 is 17.8 Å². The second kappa shape index (κ2) is 10.3. The van der Waals surface area contributed by atoms with E-state index in [2.05, 4.69) is 19.2 Å². The Hall–Kier alpha value is -1.59. The average Bonchev–Trinajstić information content (AvgIpc) is 2.51. The van der Waals surface area contributed by atoms with E-state index in [0.717, 1.165) is 31.6 Å². The normalized spacial score (nSPS) is 22.1. The van der Waals surface area contributed by atoms with Gasteiger partial charge < -0.3 is 15.5 Å². The van der Waals surface area contributed by atoms with Crippen molar-refractivity contribution in [2.75, 3.05) is 0 Å². The molecule has 0 aromatic carbocycles. The molecule has 6 heteroatoms. The van der Waals surface area contributed by atoms with Crippen molar-refractivity contribution in [1.29, 1.82) is 0 Å². The first kappa shape index (κ1) is 20.5. The van der Waals surface area contributed by atoms with E-state index in [9.17, 15) is 14.4 Å². The van der Waals surface area contributed by atoms with Gasteiger partial charge in [0.05, 0.1) is 0 Å². The van der Waals surface area contributed by atoms with Crippen LogP contribution in [0.5, 0.6) is 0 Å². The Morgan fingerprint density at radius 2 is 1.67 bits per heavy atom. The molecule has 1 rings (SSSR count). The molecule has 0 heterocycles. The van der Waals surface area contributed by atoms with Gasteiger partial charge in [-0.1, -0.05) is 33.1 Å². The fourth-order valence-electron chi connectivity index (χ4n) is 3.34. The molecule has 0 radical (unpaired) electrons. The van der Waals surface area contributed by atoms with Gasteiger partial charge in [-0.25, -0.2) is 4.79 Å². The Morgan fingerprint density at radius 1 is 1.04 bits per heavy atom. The van der Waals surface area contributed by atoms with E-state index in [1.54, 1.807) is 0 Å². The van der Waals surface area contributed by atoms with E-state index in [1.165, 1.54) is 19.3 Å². The van der Waals surface area contributed by atoms with Crippen LogP contribution in [0.3, 0.4) is 0 Å². The van der Waals surface area contributed by atoms with Crippen LogP contribution in [0.25, 0.3) is 0 Å². The molecule has 6 nitrogen and oxygen atoms in total. The second-order valence-electron chi connectivity index (χ2n) is 7.37. The zero-order valence-electron chi connectivity index (χ0n) is 14.8. The summed E-state index contributed by atoms with van der Waals surface area (Å²) in [5.41, 5.74) is 0. The van der Waals surface area contributed by atoms with Crippen molar-refractivity contribution in [1.82, 2.24) is 5.32 Å². The molecule has 24 heavy (non-hydrogen) atoms. The summed E-state index contributed by atoms with van der Waals surface area (Å²) < 4.78 is 0. The summed E-state index contributed by atoms with van der Waals surface area (Å²) in [4.78, 5) is 34.0. The van der Waals surface area contributed by atoms with Crippen LogP contribution < -0.4 is 5.32 Å². The fourth-order valence-corrected chi connectivity index (χ4v) is 3.34. The standard InChI is InChI=1S/C18H31NO5/c1-12(2)4-3-5-13-6-8-14(9-7-13)17(22)19-15(18(23)24)10-11-16(20)21/h12-15H,3-11H2,1-2H3,(H,19,22)(H,20,21)(H,23,24)/t13-,14-,15?. The van der Waals surface area contributed by atoms with Gasteiger partial charge >= 0.3 is 11.9 Å². The van der Waals surface area contributed by atoms with Gasteiger partial charge in [0.25, 0.3) is 0 Å². The highest BCUT2D eigenvalue weighted by molar-refractivity contribution is 5.85. The van der Waals surface area contributed by atoms with Crippen molar-refractivity contribution in [3.05, 3.63) is 0 Å². The third kappa shape index (κ3) is 7.79. The third-order valence-electron chi connectivity index (χ3n) is 4.87. The molecular formula is C18H31NO5. The number of hydrogen-bond acceptors (Lipinski definition) is 3. The smallest absolute Gasteiger partial charge is 0.326 e. The van der Waals surface area contributed by atoms with E-state index in [0.29, 0.717) is 5.92 Å². The van der Waals surface area contributed by atoms with Crippen LogP contribution in [0.4, 0.5) is 0 Å². The number of rotatable bonds is 10. The lowest BCUT2D eigenvalue weighted by molar-refractivity contribution is -0.144. The Labute approximate surface area is 144 Å². The second-order valence-corrected chi connectivity index (χ2v) is 7.37. The number of carboxylic acids is 2. The van der Waals surface area contributed by atoms with E-state index < -0.39 is 18.0 Å². The largest absolute Gasteiger partial charge is 0.481 e. The Morgan fingerprint density at radius 3 is 2.17 bits per heavy atom. The van der Waals surface area contributed by atoms with Crippen molar-refractivity contribution in [2.45, 2.75) is 77.7 Å². The first-order valence-corrected chi connectivity index (χ1v) is 9.04. The summed E-state index contributed by atoms with van der Waals surface area (Å²) in [5, 5.41) is 20.3. The van der Waals surface area contributed by atoms with Gasteiger partial charge in [0.1, 0.15) is 6.04 Å². The molecule has 1 saturated carbocycles. The molecule has 1 atom stereocenters. The third-order valence-corrected chi connectivity index (χ3v) is 4.87. The lowest BCUT2D eigenvalue weighted by atomic mass is 9.79. The number of hydrogen-bond donors (Lipinski definition) is 3. The van der Waals surface area contributed by atoms with Crippen LogP contribution in [-0.4, -0.2) is 34.1 Å². The van der Waals surface area contributed by atoms with Crippen molar-refractivity contribution in [3.63, 3.8) is 0 Å². The van der Waals surface area contributed by atoms with Gasteiger partial charge in [0, 0.05) is 12.3 Å². The maximum atomic E-state index is 12.2. The maximum absolute atomic E-state index is 12.2. The predicted molar refractivity (Wildman–Crippen MR) is 90.6 cm³/mol. The molecule has 3 N–H and O–H groups in total. The van der Waals surface area contributed by atoms with E-state index in [-0.39, 0.29) is 24.7 Å². The summed E-state index contributed by atoms with van der Waals surface area (Å²) in [5.74, 6) is -1.21. The monoisotopic (exact) mass is 341 g/mol. The van der Waals surface area contributed by atoms with Gasteiger partial charge in [-0.05, 0) is 43.9 Å². The molecule has 0 spiro atoms. The maximum Gasteiger partial charge on any atom is 0.326 e. The minimum Gasteiger partial charge on any atom is -0.481 e. The zero-order valence-corrected chi connectivity index (χ0v) is 14.8. The number of aliphatic carboxylic acids is 2. The lowest BCUT2D eigenvalue weighted by Gasteiger charge is -2.28. The highest BCUT2D eigenvalue weighted by atomic mass is 16.4. The van der Waals surface area contributed by atoms with Crippen LogP contribution in [0.1, 0.15) is 71.6 Å². The van der Waals surface area contributed by atoms with Gasteiger partial charge in [0.2, 0.25) is 5.91 Å². The van der Waals surface area contributed by atoms with Crippen LogP contribution in [0.2, 0.25) is 0 Å². The fraction of sp³-hybridized carbons (Fsp3) is 0.833. The zero-order chi connectivity index (χ0) is 18.1. The molecule has 1 amide bonds. The van der Waals surface area contributed by atoms with E-state index >= 15 is 0 Å². The molecule has 1 fully saturated rings. The Balaban J connectivity index is 2.35. The van der Waals surface area contributed by atoms with E-state index in [4.69, 9.17) is 10.2 Å². The Bertz CT molecular complexity index is 427. The van der Waals surface area contributed by atoms with Gasteiger partial charge in [0.15, 0.2) is 0 Å². The molecule has 138 valence electrons. The number of amides is 1. The average molecular weight is 341 g/mol. The minimum atomic E-state index is -1.17. The molecule has 0 aliphatic heterocycles. The summed E-state index contributed by atoms with van der Waals surface area (Å²) in [6.45, 7) is 4.45. The molecule has 0 saturated heterocycles. The van der Waals surface area contributed by atoms with Crippen LogP contribution in [0, 0.1) is 17.8 Å². The van der Waals surface area contributed by atoms with Crippen LogP contribution in [0.15, 0.2) is 0 Å². The van der Waals surface area contributed by atoms with Gasteiger partial charge in [-0.15, -0.1) is 0 Å². The molecule has 1 aliphatic carbocycles. The first-order valence-electron chi connectivity index (χ1n) is 9.04. The molecule has 0 aromatic rings. The SMILES string of the molecule is CC(C)CCC[C@H]1CC[C@H](C(=O)NC(CCC(=O)O)C(=O)O)CC1. The quantitative estimate of drug-likeness (QED) is 0.566. The summed E-state index contributed by atoms with van der Waals surface area (Å²) in [6.07, 6.45) is 6.96.